The molecule has 0 aromatic heterocycles. The van der Waals surface area contributed by atoms with Crippen molar-refractivity contribution in [2.24, 2.45) is 0 Å². The number of aliphatic hydroxyl groups is 1. The maximum atomic E-state index is 13.0. The molecule has 0 aliphatic carbocycles. The zero-order valence-electron chi connectivity index (χ0n) is 12.7. The van der Waals surface area contributed by atoms with E-state index in [0.717, 1.165) is 18.7 Å². The van der Waals surface area contributed by atoms with Gasteiger partial charge in [0.2, 0.25) is 0 Å². The second-order valence-corrected chi connectivity index (χ2v) is 5.48. The van der Waals surface area contributed by atoms with Gasteiger partial charge in [-0.25, -0.2) is 4.39 Å². The van der Waals surface area contributed by atoms with E-state index in [1.165, 1.54) is 17.7 Å². The first-order valence-corrected chi connectivity index (χ1v) is 6.90. The van der Waals surface area contributed by atoms with Gasteiger partial charge in [-0.2, -0.15) is 0 Å². The molecule has 0 bridgehead atoms. The standard InChI is InChI=1S/C17H18FNO.ClH/c18-16-8-6-15(7-9-16)17(20)10-11-19(13-17)12-14-4-2-1-3-5-14;/h1-9,20H,10-13H2;1H. The fourth-order valence-corrected chi connectivity index (χ4v) is 2.84. The van der Waals surface area contributed by atoms with Gasteiger partial charge in [-0.05, 0) is 29.7 Å². The van der Waals surface area contributed by atoms with Gasteiger partial charge >= 0.3 is 1.43 Å². The van der Waals surface area contributed by atoms with E-state index in [-0.39, 0.29) is 19.7 Å². The minimum atomic E-state index is -0.859. The molecule has 1 unspecified atom stereocenters. The summed E-state index contributed by atoms with van der Waals surface area (Å²) in [5, 5.41) is 10.7. The largest absolute Gasteiger partial charge is 1.00 e. The molecule has 3 rings (SSSR count). The van der Waals surface area contributed by atoms with Gasteiger partial charge in [-0.15, -0.1) is 0 Å². The van der Waals surface area contributed by atoms with Crippen LogP contribution in [0.15, 0.2) is 54.6 Å². The van der Waals surface area contributed by atoms with E-state index < -0.39 is 5.60 Å². The van der Waals surface area contributed by atoms with Crippen LogP contribution in [0.5, 0.6) is 0 Å². The molecule has 1 atom stereocenters. The number of rotatable bonds is 3. The average Bonchev–Trinajstić information content (AvgIpc) is 2.83. The van der Waals surface area contributed by atoms with Gasteiger partial charge in [0.05, 0.1) is 0 Å². The fourth-order valence-electron chi connectivity index (χ4n) is 2.84. The summed E-state index contributed by atoms with van der Waals surface area (Å²) in [6, 6.07) is 16.4. The van der Waals surface area contributed by atoms with Crippen LogP contribution in [0.3, 0.4) is 0 Å². The van der Waals surface area contributed by atoms with E-state index in [2.05, 4.69) is 17.0 Å². The van der Waals surface area contributed by atoms with E-state index in [1.54, 1.807) is 12.1 Å². The number of β-amino-alcohol motifs (C(OH)–C–C–N with tert-alkyl or cyclic N) is 1. The lowest BCUT2D eigenvalue weighted by atomic mass is 9.93. The molecule has 1 saturated heterocycles. The summed E-state index contributed by atoms with van der Waals surface area (Å²) in [4.78, 5) is 2.23. The lowest BCUT2D eigenvalue weighted by Gasteiger charge is -2.24. The molecule has 1 heterocycles. The Morgan fingerprint density at radius 3 is 2.43 bits per heavy atom. The maximum Gasteiger partial charge on any atom is 1.00 e. The lowest BCUT2D eigenvalue weighted by Crippen LogP contribution is -3.00. The van der Waals surface area contributed by atoms with Crippen LogP contribution in [0.4, 0.5) is 4.39 Å². The Hall–Kier alpha value is -1.42. The molecule has 1 aliphatic rings. The van der Waals surface area contributed by atoms with E-state index >= 15 is 0 Å². The smallest absolute Gasteiger partial charge is 1.00 e. The lowest BCUT2D eigenvalue weighted by molar-refractivity contribution is -0.0000134. The molecule has 1 fully saturated rings. The van der Waals surface area contributed by atoms with Crippen LogP contribution >= 0.6 is 0 Å². The predicted molar refractivity (Wildman–Crippen MR) is 77.7 cm³/mol. The quantitative estimate of drug-likeness (QED) is 0.865. The number of nitrogens with zero attached hydrogens (tertiary/aromatic N) is 1. The highest BCUT2D eigenvalue weighted by Crippen LogP contribution is 2.32. The Kier molecular flexibility index (Phi) is 4.99. The van der Waals surface area contributed by atoms with Crippen LogP contribution in [0.1, 0.15) is 19.0 Å². The van der Waals surface area contributed by atoms with Crippen molar-refractivity contribution < 1.29 is 23.3 Å². The van der Waals surface area contributed by atoms with Crippen molar-refractivity contribution in [2.45, 2.75) is 18.6 Å². The number of hydrogen-bond acceptors (Lipinski definition) is 2. The normalized spacial score (nSPS) is 22.0. The Bertz CT molecular complexity index is 581. The molecule has 2 aromatic carbocycles. The SMILES string of the molecule is OC1(c2ccc(F)cc2)CCN(Cc2ccccc2)C1.[Cl-].[H+]. The Morgan fingerprint density at radius 2 is 1.76 bits per heavy atom. The fraction of sp³-hybridized carbons (Fsp3) is 0.294. The molecule has 0 spiro atoms. The first kappa shape index (κ1) is 16.0. The first-order valence-electron chi connectivity index (χ1n) is 6.90. The molecule has 1 N–H and O–H groups in total. The zero-order valence-corrected chi connectivity index (χ0v) is 12.4. The second kappa shape index (κ2) is 6.56. The predicted octanol–water partition coefficient (Wildman–Crippen LogP) is 0.0357. The van der Waals surface area contributed by atoms with E-state index in [1.807, 2.05) is 18.2 Å². The molecule has 2 nitrogen and oxygen atoms in total. The molecular weight excluding hydrogens is 289 g/mol. The van der Waals surface area contributed by atoms with Crippen molar-refractivity contribution in [3.8, 4) is 0 Å². The minimum absolute atomic E-state index is 0. The van der Waals surface area contributed by atoms with Crippen LogP contribution < -0.4 is 12.4 Å². The van der Waals surface area contributed by atoms with Crippen molar-refractivity contribution in [2.75, 3.05) is 13.1 Å². The number of likely N-dealkylation sites (tertiary alicyclic amines) is 1. The van der Waals surface area contributed by atoms with Crippen molar-refractivity contribution in [1.82, 2.24) is 4.90 Å². The third kappa shape index (κ3) is 3.62. The summed E-state index contributed by atoms with van der Waals surface area (Å²) in [6.07, 6.45) is 0.686. The highest BCUT2D eigenvalue weighted by molar-refractivity contribution is 5.25. The number of hydrogen-bond donors (Lipinski definition) is 1. The molecule has 21 heavy (non-hydrogen) atoms. The van der Waals surface area contributed by atoms with Gasteiger partial charge in [0, 0.05) is 19.6 Å². The summed E-state index contributed by atoms with van der Waals surface area (Å²) in [5.41, 5.74) is 1.19. The van der Waals surface area contributed by atoms with Gasteiger partial charge in [0.25, 0.3) is 0 Å². The van der Waals surface area contributed by atoms with Gasteiger partial charge in [-0.3, -0.25) is 4.90 Å². The maximum absolute atomic E-state index is 13.0. The molecule has 4 heteroatoms. The topological polar surface area (TPSA) is 23.5 Å². The number of halogens is 2. The number of benzene rings is 2. The third-order valence-corrected chi connectivity index (χ3v) is 3.96. The summed E-state index contributed by atoms with van der Waals surface area (Å²) < 4.78 is 13.0. The Morgan fingerprint density at radius 1 is 1.10 bits per heavy atom. The minimum Gasteiger partial charge on any atom is -1.00 e. The summed E-state index contributed by atoms with van der Waals surface area (Å²) >= 11 is 0. The molecule has 2 aromatic rings. The summed E-state index contributed by atoms with van der Waals surface area (Å²) in [7, 11) is 0. The zero-order chi connectivity index (χ0) is 14.0. The van der Waals surface area contributed by atoms with Gasteiger partial charge in [-0.1, -0.05) is 42.5 Å². The Labute approximate surface area is 132 Å². The van der Waals surface area contributed by atoms with E-state index in [9.17, 15) is 9.50 Å². The second-order valence-electron chi connectivity index (χ2n) is 5.48. The van der Waals surface area contributed by atoms with Gasteiger partial charge in [0.1, 0.15) is 11.4 Å². The highest BCUT2D eigenvalue weighted by Gasteiger charge is 2.37. The van der Waals surface area contributed by atoms with Crippen LogP contribution in [0, 0.1) is 5.82 Å². The molecule has 0 radical (unpaired) electrons. The van der Waals surface area contributed by atoms with Crippen LogP contribution in [-0.2, 0) is 12.1 Å². The van der Waals surface area contributed by atoms with Crippen LogP contribution in [0.2, 0.25) is 0 Å². The third-order valence-electron chi connectivity index (χ3n) is 3.96. The summed E-state index contributed by atoms with van der Waals surface area (Å²) in [5.74, 6) is -0.267. The highest BCUT2D eigenvalue weighted by atomic mass is 35.5. The van der Waals surface area contributed by atoms with Crippen LogP contribution in [0.25, 0.3) is 0 Å². The molecule has 0 amide bonds. The molecule has 0 saturated carbocycles. The first-order chi connectivity index (χ1) is 9.66. The van der Waals surface area contributed by atoms with Crippen molar-refractivity contribution in [3.05, 3.63) is 71.5 Å². The molecular formula is C17H19ClFNO. The van der Waals surface area contributed by atoms with Gasteiger partial charge in [0.15, 0.2) is 0 Å². The average molecular weight is 308 g/mol. The van der Waals surface area contributed by atoms with Crippen LogP contribution in [-0.4, -0.2) is 23.1 Å². The van der Waals surface area contributed by atoms with Crippen molar-refractivity contribution >= 4 is 0 Å². The monoisotopic (exact) mass is 307 g/mol. The van der Waals surface area contributed by atoms with E-state index in [0.29, 0.717) is 13.0 Å². The molecule has 1 aliphatic heterocycles. The van der Waals surface area contributed by atoms with Crippen molar-refractivity contribution in [1.29, 1.82) is 0 Å². The molecule has 112 valence electrons. The van der Waals surface area contributed by atoms with E-state index in [4.69, 9.17) is 0 Å². The summed E-state index contributed by atoms with van der Waals surface area (Å²) in [6.45, 7) is 2.28. The van der Waals surface area contributed by atoms with Crippen molar-refractivity contribution in [3.63, 3.8) is 0 Å². The Balaban J connectivity index is 0.00000121. The van der Waals surface area contributed by atoms with Gasteiger partial charge < -0.3 is 17.5 Å².